The lowest BCUT2D eigenvalue weighted by Gasteiger charge is -2.22. The molecule has 0 saturated carbocycles. The Bertz CT molecular complexity index is 1110. The summed E-state index contributed by atoms with van der Waals surface area (Å²) in [5.41, 5.74) is 7.35. The van der Waals surface area contributed by atoms with Crippen LogP contribution in [-0.2, 0) is 21.4 Å². The molecule has 1 unspecified atom stereocenters. The molecule has 2 aromatic rings. The predicted molar refractivity (Wildman–Crippen MR) is 121 cm³/mol. The van der Waals surface area contributed by atoms with Gasteiger partial charge in [-0.3, -0.25) is 14.5 Å². The van der Waals surface area contributed by atoms with Gasteiger partial charge in [0.2, 0.25) is 15.9 Å². The van der Waals surface area contributed by atoms with Crippen molar-refractivity contribution < 1.29 is 18.0 Å². The Balaban J connectivity index is 1.46. The number of likely N-dealkylation sites (tertiary alicyclic amines) is 1. The lowest BCUT2D eigenvalue weighted by Crippen LogP contribution is -2.39. The molecular weight excluding hydrogens is 428 g/mol. The van der Waals surface area contributed by atoms with Gasteiger partial charge in [0.1, 0.15) is 0 Å². The molecule has 1 atom stereocenters. The zero-order chi connectivity index (χ0) is 22.7. The van der Waals surface area contributed by atoms with Gasteiger partial charge in [0, 0.05) is 30.9 Å². The maximum Gasteiger partial charge on any atom is 0.255 e. The van der Waals surface area contributed by atoms with Gasteiger partial charge in [-0.1, -0.05) is 18.2 Å². The van der Waals surface area contributed by atoms with Crippen molar-refractivity contribution in [3.63, 3.8) is 0 Å². The van der Waals surface area contributed by atoms with Gasteiger partial charge < -0.3 is 11.1 Å². The third-order valence-corrected chi connectivity index (χ3v) is 7.96. The molecule has 0 radical (unpaired) electrons. The average molecular weight is 457 g/mol. The van der Waals surface area contributed by atoms with E-state index in [1.165, 1.54) is 16.4 Å². The molecule has 0 aliphatic carbocycles. The molecule has 4 rings (SSSR count). The number of nitrogens with two attached hydrogens (primary N) is 1. The zero-order valence-corrected chi connectivity index (χ0v) is 18.7. The molecule has 0 bridgehead atoms. The number of amides is 2. The van der Waals surface area contributed by atoms with Crippen molar-refractivity contribution in [2.24, 2.45) is 5.73 Å². The number of anilines is 1. The summed E-state index contributed by atoms with van der Waals surface area (Å²) in [5, 5.41) is 2.85. The molecule has 2 heterocycles. The van der Waals surface area contributed by atoms with E-state index in [1.54, 1.807) is 18.2 Å². The van der Waals surface area contributed by atoms with Gasteiger partial charge in [-0.05, 0) is 68.1 Å². The van der Waals surface area contributed by atoms with Gasteiger partial charge in [-0.15, -0.1) is 0 Å². The largest absolute Gasteiger partial charge is 0.368 e. The SMILES string of the molecule is NC(=O)C1CCCN1Cc1cccc(NC(=O)c2cccc(S(=O)(=O)N3CCCC3)c2)c1. The number of hydrogen-bond donors (Lipinski definition) is 2. The molecule has 9 heteroatoms. The summed E-state index contributed by atoms with van der Waals surface area (Å²) < 4.78 is 27.1. The Morgan fingerprint density at radius 2 is 1.75 bits per heavy atom. The molecule has 2 amide bonds. The minimum absolute atomic E-state index is 0.132. The van der Waals surface area contributed by atoms with Crippen LogP contribution in [0.3, 0.4) is 0 Å². The van der Waals surface area contributed by atoms with Crippen molar-refractivity contribution in [3.05, 3.63) is 59.7 Å². The molecule has 2 aliphatic rings. The van der Waals surface area contributed by atoms with E-state index in [0.717, 1.165) is 37.8 Å². The number of nitrogens with zero attached hydrogens (tertiary/aromatic N) is 2. The molecule has 32 heavy (non-hydrogen) atoms. The number of hydrogen-bond acceptors (Lipinski definition) is 5. The highest BCUT2D eigenvalue weighted by Gasteiger charge is 2.29. The van der Waals surface area contributed by atoms with Gasteiger partial charge in [0.15, 0.2) is 0 Å². The summed E-state index contributed by atoms with van der Waals surface area (Å²) in [7, 11) is -3.59. The molecule has 8 nitrogen and oxygen atoms in total. The second kappa shape index (κ2) is 9.40. The summed E-state index contributed by atoms with van der Waals surface area (Å²) in [6.45, 7) is 2.40. The van der Waals surface area contributed by atoms with Crippen molar-refractivity contribution >= 4 is 27.5 Å². The third-order valence-electron chi connectivity index (χ3n) is 6.06. The summed E-state index contributed by atoms with van der Waals surface area (Å²) in [6, 6.07) is 13.3. The summed E-state index contributed by atoms with van der Waals surface area (Å²) in [5.74, 6) is -0.687. The highest BCUT2D eigenvalue weighted by molar-refractivity contribution is 7.89. The van der Waals surface area contributed by atoms with E-state index in [2.05, 4.69) is 10.2 Å². The van der Waals surface area contributed by atoms with E-state index < -0.39 is 10.0 Å². The molecule has 2 aromatic carbocycles. The van der Waals surface area contributed by atoms with Crippen molar-refractivity contribution in [3.8, 4) is 0 Å². The van der Waals surface area contributed by atoms with E-state index >= 15 is 0 Å². The van der Waals surface area contributed by atoms with Crippen molar-refractivity contribution in [2.75, 3.05) is 25.0 Å². The molecular formula is C23H28N4O4S. The van der Waals surface area contributed by atoms with Crippen LogP contribution in [0.5, 0.6) is 0 Å². The molecule has 0 spiro atoms. The van der Waals surface area contributed by atoms with Gasteiger partial charge in [0.25, 0.3) is 5.91 Å². The van der Waals surface area contributed by atoms with E-state index in [1.807, 2.05) is 18.2 Å². The van der Waals surface area contributed by atoms with Crippen LogP contribution in [0.25, 0.3) is 0 Å². The van der Waals surface area contributed by atoms with Crippen LogP contribution < -0.4 is 11.1 Å². The first-order chi connectivity index (χ1) is 15.3. The highest BCUT2D eigenvalue weighted by Crippen LogP contribution is 2.23. The fourth-order valence-electron chi connectivity index (χ4n) is 4.40. The Hall–Kier alpha value is -2.75. The summed E-state index contributed by atoms with van der Waals surface area (Å²) >= 11 is 0. The second-order valence-electron chi connectivity index (χ2n) is 8.32. The van der Waals surface area contributed by atoms with Crippen LogP contribution in [0.4, 0.5) is 5.69 Å². The minimum Gasteiger partial charge on any atom is -0.368 e. The number of carbonyl (C=O) groups excluding carboxylic acids is 2. The van der Waals surface area contributed by atoms with Gasteiger partial charge in [-0.2, -0.15) is 4.31 Å². The van der Waals surface area contributed by atoms with Crippen LogP contribution in [0.15, 0.2) is 53.4 Å². The maximum atomic E-state index is 12.8. The molecule has 3 N–H and O–H groups in total. The van der Waals surface area contributed by atoms with E-state index in [9.17, 15) is 18.0 Å². The molecule has 2 fully saturated rings. The van der Waals surface area contributed by atoms with Gasteiger partial charge in [-0.25, -0.2) is 8.42 Å². The minimum atomic E-state index is -3.59. The van der Waals surface area contributed by atoms with E-state index in [4.69, 9.17) is 5.73 Å². The first kappa shape index (κ1) is 22.4. The summed E-state index contributed by atoms with van der Waals surface area (Å²) in [6.07, 6.45) is 3.41. The third kappa shape index (κ3) is 4.85. The first-order valence-corrected chi connectivity index (χ1v) is 12.3. The van der Waals surface area contributed by atoms with Crippen LogP contribution >= 0.6 is 0 Å². The lowest BCUT2D eigenvalue weighted by atomic mass is 10.1. The Kier molecular flexibility index (Phi) is 6.59. The first-order valence-electron chi connectivity index (χ1n) is 10.9. The highest BCUT2D eigenvalue weighted by atomic mass is 32.2. The Morgan fingerprint density at radius 1 is 1.00 bits per heavy atom. The monoisotopic (exact) mass is 456 g/mol. The van der Waals surface area contributed by atoms with Crippen LogP contribution in [-0.4, -0.2) is 55.1 Å². The van der Waals surface area contributed by atoms with Gasteiger partial charge in [0.05, 0.1) is 10.9 Å². The fraction of sp³-hybridized carbons (Fsp3) is 0.391. The quantitative estimate of drug-likeness (QED) is 0.663. The van der Waals surface area contributed by atoms with Crippen LogP contribution in [0.2, 0.25) is 0 Å². The Labute approximate surface area is 188 Å². The van der Waals surface area contributed by atoms with Crippen molar-refractivity contribution in [1.29, 1.82) is 0 Å². The maximum absolute atomic E-state index is 12.8. The zero-order valence-electron chi connectivity index (χ0n) is 17.9. The normalized spacial score (nSPS) is 19.8. The number of nitrogens with one attached hydrogen (secondary N) is 1. The number of benzene rings is 2. The van der Waals surface area contributed by atoms with Crippen molar-refractivity contribution in [1.82, 2.24) is 9.21 Å². The second-order valence-corrected chi connectivity index (χ2v) is 10.3. The number of primary amides is 1. The number of carbonyl (C=O) groups is 2. The van der Waals surface area contributed by atoms with Crippen LogP contribution in [0.1, 0.15) is 41.6 Å². The topological polar surface area (TPSA) is 113 Å². The molecule has 0 aromatic heterocycles. The Morgan fingerprint density at radius 3 is 2.50 bits per heavy atom. The lowest BCUT2D eigenvalue weighted by molar-refractivity contribution is -0.122. The molecule has 170 valence electrons. The summed E-state index contributed by atoms with van der Waals surface area (Å²) in [4.78, 5) is 26.6. The van der Waals surface area contributed by atoms with E-state index in [-0.39, 0.29) is 28.3 Å². The predicted octanol–water partition coefficient (Wildman–Crippen LogP) is 2.17. The smallest absolute Gasteiger partial charge is 0.255 e. The molecule has 2 aliphatic heterocycles. The van der Waals surface area contributed by atoms with Crippen LogP contribution in [0, 0.1) is 0 Å². The van der Waals surface area contributed by atoms with Gasteiger partial charge >= 0.3 is 0 Å². The number of rotatable bonds is 7. The average Bonchev–Trinajstić information content (AvgIpc) is 3.47. The van der Waals surface area contributed by atoms with E-state index in [0.29, 0.717) is 25.3 Å². The number of sulfonamides is 1. The standard InChI is InChI=1S/C23H28N4O4S/c24-22(28)21-10-5-11-26(21)16-17-6-3-8-19(14-17)25-23(29)18-7-4-9-20(15-18)32(30,31)27-12-1-2-13-27/h3-4,6-9,14-15,21H,1-2,5,10-13,16H2,(H2,24,28)(H,25,29). The van der Waals surface area contributed by atoms with Crippen molar-refractivity contribution in [2.45, 2.75) is 43.2 Å². The fourth-order valence-corrected chi connectivity index (χ4v) is 5.96. The molecule has 2 saturated heterocycles.